The van der Waals surface area contributed by atoms with Gasteiger partial charge < -0.3 is 10.4 Å². The van der Waals surface area contributed by atoms with Gasteiger partial charge in [-0.25, -0.2) is 0 Å². The number of benzene rings is 2. The highest BCUT2D eigenvalue weighted by Crippen LogP contribution is 2.30. The van der Waals surface area contributed by atoms with Crippen LogP contribution in [0.3, 0.4) is 0 Å². The molecule has 1 fully saturated rings. The number of hydrogen-bond donors (Lipinski definition) is 2. The Morgan fingerprint density at radius 2 is 1.67 bits per heavy atom. The van der Waals surface area contributed by atoms with Crippen LogP contribution >= 0.6 is 0 Å². The minimum Gasteiger partial charge on any atom is -0.391 e. The number of nitrogens with one attached hydrogen (secondary N) is 1. The van der Waals surface area contributed by atoms with Crippen LogP contribution in [-0.2, 0) is 6.42 Å². The second-order valence-electron chi connectivity index (χ2n) is 7.25. The standard InChI is InChI=1S/C22H29NO/c1-3-16(2)23-21-14-18(15-22(21)24)13-17-9-11-20(12-10-17)19-7-5-4-6-8-19/h4-12,16,18,21-24H,3,13-15H2,1-2H3/t16?,18-,21-,22-/m1/s1. The second-order valence-corrected chi connectivity index (χ2v) is 7.25. The first kappa shape index (κ1) is 17.2. The summed E-state index contributed by atoms with van der Waals surface area (Å²) in [6.45, 7) is 4.38. The number of rotatable bonds is 6. The van der Waals surface area contributed by atoms with Gasteiger partial charge in [0.05, 0.1) is 6.10 Å². The first-order chi connectivity index (χ1) is 11.7. The summed E-state index contributed by atoms with van der Waals surface area (Å²) in [6, 6.07) is 20.1. The molecule has 0 bridgehead atoms. The average Bonchev–Trinajstić information content (AvgIpc) is 2.95. The molecule has 128 valence electrons. The Kier molecular flexibility index (Phi) is 5.70. The Bertz CT molecular complexity index is 622. The number of hydrogen-bond acceptors (Lipinski definition) is 2. The molecule has 1 unspecified atom stereocenters. The van der Waals surface area contributed by atoms with Gasteiger partial charge >= 0.3 is 0 Å². The number of aliphatic hydroxyl groups is 1. The lowest BCUT2D eigenvalue weighted by Crippen LogP contribution is -2.40. The molecule has 3 rings (SSSR count). The molecule has 0 aromatic heterocycles. The minimum absolute atomic E-state index is 0.201. The SMILES string of the molecule is CCC(C)N[C@@H]1C[C@@H](Cc2ccc(-c3ccccc3)cc2)C[C@H]1O. The maximum absolute atomic E-state index is 10.3. The van der Waals surface area contributed by atoms with Gasteiger partial charge in [0.25, 0.3) is 0 Å². The van der Waals surface area contributed by atoms with Crippen LogP contribution in [0.25, 0.3) is 11.1 Å². The van der Waals surface area contributed by atoms with Crippen molar-refractivity contribution in [1.82, 2.24) is 5.32 Å². The minimum atomic E-state index is -0.201. The van der Waals surface area contributed by atoms with Gasteiger partial charge in [0.2, 0.25) is 0 Å². The van der Waals surface area contributed by atoms with Crippen molar-refractivity contribution in [1.29, 1.82) is 0 Å². The van der Waals surface area contributed by atoms with Crippen LogP contribution in [0.5, 0.6) is 0 Å². The molecule has 24 heavy (non-hydrogen) atoms. The fourth-order valence-electron chi connectivity index (χ4n) is 3.74. The van der Waals surface area contributed by atoms with Gasteiger partial charge in [-0.2, -0.15) is 0 Å². The molecule has 2 aromatic carbocycles. The molecule has 0 radical (unpaired) electrons. The van der Waals surface area contributed by atoms with Crippen molar-refractivity contribution in [3.05, 3.63) is 60.2 Å². The molecular formula is C22H29NO. The quantitative estimate of drug-likeness (QED) is 0.824. The summed E-state index contributed by atoms with van der Waals surface area (Å²) in [5.74, 6) is 0.573. The molecule has 2 nitrogen and oxygen atoms in total. The summed E-state index contributed by atoms with van der Waals surface area (Å²) >= 11 is 0. The predicted octanol–water partition coefficient (Wildman–Crippen LogP) is 4.42. The molecule has 0 amide bonds. The van der Waals surface area contributed by atoms with Crippen LogP contribution in [0.1, 0.15) is 38.7 Å². The van der Waals surface area contributed by atoms with E-state index in [0.29, 0.717) is 12.0 Å². The molecule has 0 aliphatic heterocycles. The first-order valence-corrected chi connectivity index (χ1v) is 9.24. The highest BCUT2D eigenvalue weighted by Gasteiger charge is 2.33. The molecule has 1 aliphatic carbocycles. The van der Waals surface area contributed by atoms with Crippen LogP contribution < -0.4 is 5.32 Å². The summed E-state index contributed by atoms with van der Waals surface area (Å²) < 4.78 is 0. The van der Waals surface area contributed by atoms with Gasteiger partial charge in [-0.15, -0.1) is 0 Å². The predicted molar refractivity (Wildman–Crippen MR) is 101 cm³/mol. The van der Waals surface area contributed by atoms with Crippen molar-refractivity contribution in [2.45, 2.75) is 57.7 Å². The topological polar surface area (TPSA) is 32.3 Å². The Hall–Kier alpha value is -1.64. The van der Waals surface area contributed by atoms with E-state index in [1.807, 2.05) is 6.07 Å². The Morgan fingerprint density at radius 3 is 2.33 bits per heavy atom. The lowest BCUT2D eigenvalue weighted by molar-refractivity contribution is 0.141. The molecule has 0 spiro atoms. The Balaban J connectivity index is 1.59. The van der Waals surface area contributed by atoms with E-state index in [9.17, 15) is 5.11 Å². The van der Waals surface area contributed by atoms with Crippen LogP contribution in [0.4, 0.5) is 0 Å². The van der Waals surface area contributed by atoms with E-state index < -0.39 is 0 Å². The maximum Gasteiger partial charge on any atom is 0.0696 e. The van der Waals surface area contributed by atoms with Crippen molar-refractivity contribution in [3.8, 4) is 11.1 Å². The monoisotopic (exact) mass is 323 g/mol. The zero-order valence-electron chi connectivity index (χ0n) is 14.8. The van der Waals surface area contributed by atoms with Crippen LogP contribution in [-0.4, -0.2) is 23.3 Å². The fourth-order valence-corrected chi connectivity index (χ4v) is 3.74. The summed E-state index contributed by atoms with van der Waals surface area (Å²) in [5.41, 5.74) is 3.90. The molecule has 2 aromatic rings. The normalized spacial score (nSPS) is 24.9. The van der Waals surface area contributed by atoms with Gasteiger partial charge in [0.15, 0.2) is 0 Å². The molecule has 0 heterocycles. The maximum atomic E-state index is 10.3. The van der Waals surface area contributed by atoms with E-state index in [-0.39, 0.29) is 12.1 Å². The van der Waals surface area contributed by atoms with Gasteiger partial charge in [0, 0.05) is 12.1 Å². The van der Waals surface area contributed by atoms with Crippen molar-refractivity contribution in [2.75, 3.05) is 0 Å². The largest absolute Gasteiger partial charge is 0.391 e. The number of aliphatic hydroxyl groups excluding tert-OH is 1. The molecule has 2 N–H and O–H groups in total. The van der Waals surface area contributed by atoms with E-state index in [0.717, 1.165) is 25.7 Å². The smallest absolute Gasteiger partial charge is 0.0696 e. The summed E-state index contributed by atoms with van der Waals surface area (Å²) in [5, 5.41) is 13.9. The van der Waals surface area contributed by atoms with Crippen LogP contribution in [0.2, 0.25) is 0 Å². The van der Waals surface area contributed by atoms with Crippen molar-refractivity contribution in [3.63, 3.8) is 0 Å². The van der Waals surface area contributed by atoms with Crippen LogP contribution in [0.15, 0.2) is 54.6 Å². The van der Waals surface area contributed by atoms with Crippen molar-refractivity contribution in [2.24, 2.45) is 5.92 Å². The second kappa shape index (κ2) is 7.96. The highest BCUT2D eigenvalue weighted by molar-refractivity contribution is 5.63. The third-order valence-corrected chi connectivity index (χ3v) is 5.32. The van der Waals surface area contributed by atoms with Gasteiger partial charge in [-0.05, 0) is 55.2 Å². The Morgan fingerprint density at radius 1 is 1.00 bits per heavy atom. The molecule has 1 aliphatic rings. The average molecular weight is 323 g/mol. The van der Waals surface area contributed by atoms with Gasteiger partial charge in [-0.1, -0.05) is 61.5 Å². The van der Waals surface area contributed by atoms with E-state index in [4.69, 9.17) is 0 Å². The van der Waals surface area contributed by atoms with Crippen molar-refractivity contribution >= 4 is 0 Å². The highest BCUT2D eigenvalue weighted by atomic mass is 16.3. The zero-order valence-corrected chi connectivity index (χ0v) is 14.8. The Labute approximate surface area is 145 Å². The van der Waals surface area contributed by atoms with E-state index in [2.05, 4.69) is 67.7 Å². The third kappa shape index (κ3) is 4.25. The van der Waals surface area contributed by atoms with E-state index >= 15 is 0 Å². The van der Waals surface area contributed by atoms with Gasteiger partial charge in [-0.3, -0.25) is 0 Å². The molecular weight excluding hydrogens is 294 g/mol. The van der Waals surface area contributed by atoms with E-state index in [1.54, 1.807) is 0 Å². The third-order valence-electron chi connectivity index (χ3n) is 5.32. The molecule has 0 saturated heterocycles. The van der Waals surface area contributed by atoms with Gasteiger partial charge in [0.1, 0.15) is 0 Å². The summed E-state index contributed by atoms with van der Waals surface area (Å²) in [6.07, 6.45) is 3.95. The van der Waals surface area contributed by atoms with Crippen LogP contribution in [0, 0.1) is 5.92 Å². The molecule has 4 atom stereocenters. The van der Waals surface area contributed by atoms with Crippen molar-refractivity contribution < 1.29 is 5.11 Å². The summed E-state index contributed by atoms with van der Waals surface area (Å²) in [4.78, 5) is 0. The zero-order chi connectivity index (χ0) is 16.9. The van der Waals surface area contributed by atoms with E-state index in [1.165, 1.54) is 16.7 Å². The lowest BCUT2D eigenvalue weighted by Gasteiger charge is -2.21. The molecule has 2 heteroatoms. The lowest BCUT2D eigenvalue weighted by atomic mass is 9.96. The fraction of sp³-hybridized carbons (Fsp3) is 0.455. The first-order valence-electron chi connectivity index (χ1n) is 9.24. The summed E-state index contributed by atoms with van der Waals surface area (Å²) in [7, 11) is 0. The molecule has 1 saturated carbocycles.